The molecule has 0 radical (unpaired) electrons. The fraction of sp³-hybridized carbons (Fsp3) is 0.529. The van der Waals surface area contributed by atoms with Gasteiger partial charge in [0.2, 0.25) is 18.1 Å². The second kappa shape index (κ2) is 10.2. The standard InChI is InChI=1S/C17H23N3O4/c1-3-5-6-8-13(15(22)17(24)18-10-4-2)19-16(23)14-9-7-11-20(14)12-21/h1,4,12-14H,2,5-11H2,(H,18,24)(H,19,23). The van der Waals surface area contributed by atoms with Crippen LogP contribution in [0.1, 0.15) is 32.1 Å². The molecule has 0 bridgehead atoms. The van der Waals surface area contributed by atoms with Crippen LogP contribution in [0.15, 0.2) is 12.7 Å². The predicted octanol–water partition coefficient (Wildman–Crippen LogP) is -0.233. The fourth-order valence-corrected chi connectivity index (χ4v) is 2.55. The molecule has 7 nitrogen and oxygen atoms in total. The number of carbonyl (C=O) groups is 4. The molecule has 130 valence electrons. The molecule has 3 amide bonds. The molecule has 0 aromatic heterocycles. The fourth-order valence-electron chi connectivity index (χ4n) is 2.55. The van der Waals surface area contributed by atoms with Gasteiger partial charge in [-0.15, -0.1) is 18.9 Å². The first-order valence-electron chi connectivity index (χ1n) is 7.93. The summed E-state index contributed by atoms with van der Waals surface area (Å²) in [5, 5.41) is 5.00. The van der Waals surface area contributed by atoms with Crippen LogP contribution in [-0.2, 0) is 19.2 Å². The van der Waals surface area contributed by atoms with Crippen LogP contribution in [0.5, 0.6) is 0 Å². The Morgan fingerprint density at radius 1 is 1.42 bits per heavy atom. The van der Waals surface area contributed by atoms with Crippen molar-refractivity contribution >= 4 is 24.0 Å². The average Bonchev–Trinajstić information content (AvgIpc) is 3.07. The van der Waals surface area contributed by atoms with Crippen molar-refractivity contribution in [3.8, 4) is 12.3 Å². The number of terminal acetylenes is 1. The third-order valence-electron chi connectivity index (χ3n) is 3.81. The van der Waals surface area contributed by atoms with Crippen LogP contribution in [0, 0.1) is 12.3 Å². The number of Topliss-reactive ketones (excluding diaryl/α,β-unsaturated/α-hetero) is 1. The Kier molecular flexibility index (Phi) is 8.26. The summed E-state index contributed by atoms with van der Waals surface area (Å²) >= 11 is 0. The van der Waals surface area contributed by atoms with Gasteiger partial charge in [-0.1, -0.05) is 6.08 Å². The van der Waals surface area contributed by atoms with E-state index in [0.717, 1.165) is 6.42 Å². The first kappa shape index (κ1) is 19.4. The zero-order valence-corrected chi connectivity index (χ0v) is 13.6. The number of nitrogens with zero attached hydrogens (tertiary/aromatic N) is 1. The number of carbonyl (C=O) groups excluding carboxylic acids is 4. The second-order valence-corrected chi connectivity index (χ2v) is 5.52. The van der Waals surface area contributed by atoms with Crippen molar-refractivity contribution in [1.29, 1.82) is 0 Å². The number of hydrogen-bond acceptors (Lipinski definition) is 4. The Morgan fingerprint density at radius 3 is 2.79 bits per heavy atom. The highest BCUT2D eigenvalue weighted by atomic mass is 16.2. The van der Waals surface area contributed by atoms with E-state index in [4.69, 9.17) is 6.42 Å². The summed E-state index contributed by atoms with van der Waals surface area (Å²) in [4.78, 5) is 48.8. The third kappa shape index (κ3) is 5.54. The maximum Gasteiger partial charge on any atom is 0.289 e. The van der Waals surface area contributed by atoms with Gasteiger partial charge in [0.15, 0.2) is 0 Å². The molecule has 1 rings (SSSR count). The van der Waals surface area contributed by atoms with E-state index < -0.39 is 29.7 Å². The van der Waals surface area contributed by atoms with Gasteiger partial charge in [0.1, 0.15) is 6.04 Å². The molecule has 1 aliphatic heterocycles. The molecule has 1 heterocycles. The minimum atomic E-state index is -0.954. The molecular weight excluding hydrogens is 310 g/mol. The molecule has 0 aromatic rings. The van der Waals surface area contributed by atoms with Crippen LogP contribution >= 0.6 is 0 Å². The summed E-state index contributed by atoms with van der Waals surface area (Å²) in [6.45, 7) is 4.13. The maximum atomic E-state index is 12.3. The van der Waals surface area contributed by atoms with E-state index in [2.05, 4.69) is 23.1 Å². The summed E-state index contributed by atoms with van der Waals surface area (Å²) < 4.78 is 0. The van der Waals surface area contributed by atoms with Crippen molar-refractivity contribution in [2.24, 2.45) is 0 Å². The third-order valence-corrected chi connectivity index (χ3v) is 3.81. The SMILES string of the molecule is C#CCCCC(NC(=O)C1CCCN1C=O)C(=O)C(=O)NCC=C. The Hall–Kier alpha value is -2.62. The molecule has 24 heavy (non-hydrogen) atoms. The van der Waals surface area contributed by atoms with Crippen LogP contribution in [0.3, 0.4) is 0 Å². The van der Waals surface area contributed by atoms with E-state index in [9.17, 15) is 19.2 Å². The lowest BCUT2D eigenvalue weighted by atomic mass is 10.0. The number of ketones is 1. The lowest BCUT2D eigenvalue weighted by Gasteiger charge is -2.23. The number of hydrogen-bond donors (Lipinski definition) is 2. The van der Waals surface area contributed by atoms with E-state index in [1.165, 1.54) is 11.0 Å². The van der Waals surface area contributed by atoms with Crippen molar-refractivity contribution in [1.82, 2.24) is 15.5 Å². The van der Waals surface area contributed by atoms with Gasteiger partial charge >= 0.3 is 0 Å². The van der Waals surface area contributed by atoms with E-state index in [-0.39, 0.29) is 13.0 Å². The van der Waals surface area contributed by atoms with Crippen LogP contribution in [0.25, 0.3) is 0 Å². The van der Waals surface area contributed by atoms with Gasteiger partial charge in [-0.2, -0.15) is 0 Å². The zero-order valence-electron chi connectivity index (χ0n) is 13.6. The van der Waals surface area contributed by atoms with Gasteiger partial charge in [-0.25, -0.2) is 0 Å². The highest BCUT2D eigenvalue weighted by molar-refractivity contribution is 6.38. The Bertz CT molecular complexity index is 538. The second-order valence-electron chi connectivity index (χ2n) is 5.52. The summed E-state index contributed by atoms with van der Waals surface area (Å²) in [5.41, 5.74) is 0. The number of amides is 3. The normalized spacial score (nSPS) is 17.5. The Morgan fingerprint density at radius 2 is 2.17 bits per heavy atom. The highest BCUT2D eigenvalue weighted by Gasteiger charge is 2.33. The van der Waals surface area contributed by atoms with Crippen LogP contribution < -0.4 is 10.6 Å². The molecular formula is C17H23N3O4. The molecule has 0 aromatic carbocycles. The summed E-state index contributed by atoms with van der Waals surface area (Å²) in [7, 11) is 0. The molecule has 1 fully saturated rings. The van der Waals surface area contributed by atoms with Gasteiger partial charge < -0.3 is 15.5 Å². The van der Waals surface area contributed by atoms with Gasteiger partial charge in [-0.05, 0) is 25.7 Å². The minimum absolute atomic E-state index is 0.164. The van der Waals surface area contributed by atoms with Gasteiger partial charge in [-0.3, -0.25) is 19.2 Å². The van der Waals surface area contributed by atoms with E-state index in [1.807, 2.05) is 0 Å². The Balaban J connectivity index is 2.73. The van der Waals surface area contributed by atoms with Gasteiger partial charge in [0, 0.05) is 19.5 Å². The largest absolute Gasteiger partial charge is 0.346 e. The number of nitrogens with one attached hydrogen (secondary N) is 2. The molecule has 2 atom stereocenters. The molecule has 0 spiro atoms. The van der Waals surface area contributed by atoms with Crippen LogP contribution in [-0.4, -0.2) is 54.1 Å². The smallest absolute Gasteiger partial charge is 0.289 e. The number of likely N-dealkylation sites (tertiary alicyclic amines) is 1. The molecule has 2 N–H and O–H groups in total. The molecule has 2 unspecified atom stereocenters. The van der Waals surface area contributed by atoms with E-state index in [1.54, 1.807) is 0 Å². The van der Waals surface area contributed by atoms with Crippen molar-refractivity contribution in [2.75, 3.05) is 13.1 Å². The highest BCUT2D eigenvalue weighted by Crippen LogP contribution is 2.15. The van der Waals surface area contributed by atoms with Crippen LogP contribution in [0.4, 0.5) is 0 Å². The molecule has 1 saturated heterocycles. The van der Waals surface area contributed by atoms with E-state index >= 15 is 0 Å². The minimum Gasteiger partial charge on any atom is -0.346 e. The first-order chi connectivity index (χ1) is 11.5. The summed E-state index contributed by atoms with van der Waals surface area (Å²) in [6.07, 6.45) is 9.76. The number of rotatable bonds is 10. The summed E-state index contributed by atoms with van der Waals surface area (Å²) in [6, 6.07) is -1.55. The number of unbranched alkanes of at least 4 members (excludes halogenated alkanes) is 1. The van der Waals surface area contributed by atoms with Crippen molar-refractivity contribution in [3.05, 3.63) is 12.7 Å². The Labute approximate surface area is 141 Å². The lowest BCUT2D eigenvalue weighted by Crippen LogP contribution is -2.52. The monoisotopic (exact) mass is 333 g/mol. The summed E-state index contributed by atoms with van der Waals surface area (Å²) in [5.74, 6) is 0.534. The molecule has 7 heteroatoms. The topological polar surface area (TPSA) is 95.6 Å². The molecule has 0 saturated carbocycles. The van der Waals surface area contributed by atoms with Crippen molar-refractivity contribution < 1.29 is 19.2 Å². The maximum absolute atomic E-state index is 12.3. The van der Waals surface area contributed by atoms with Crippen molar-refractivity contribution in [3.63, 3.8) is 0 Å². The zero-order chi connectivity index (χ0) is 17.9. The van der Waals surface area contributed by atoms with Gasteiger partial charge in [0.05, 0.1) is 6.04 Å². The van der Waals surface area contributed by atoms with Gasteiger partial charge in [0.25, 0.3) is 5.91 Å². The predicted molar refractivity (Wildman–Crippen MR) is 88.6 cm³/mol. The first-order valence-corrected chi connectivity index (χ1v) is 7.93. The van der Waals surface area contributed by atoms with Crippen LogP contribution in [0.2, 0.25) is 0 Å². The van der Waals surface area contributed by atoms with E-state index in [0.29, 0.717) is 32.2 Å². The van der Waals surface area contributed by atoms with Crippen molar-refractivity contribution in [2.45, 2.75) is 44.2 Å². The average molecular weight is 333 g/mol. The quantitative estimate of drug-likeness (QED) is 0.190. The molecule has 0 aliphatic carbocycles. The lowest BCUT2D eigenvalue weighted by molar-refractivity contribution is -0.140. The molecule has 1 aliphatic rings.